The van der Waals surface area contributed by atoms with Crippen molar-refractivity contribution in [2.24, 2.45) is 0 Å². The number of hydrogen-bond acceptors (Lipinski definition) is 2. The summed E-state index contributed by atoms with van der Waals surface area (Å²) in [5, 5.41) is 3.05. The van der Waals surface area contributed by atoms with Crippen LogP contribution in [0.1, 0.15) is 12.8 Å². The van der Waals surface area contributed by atoms with Gasteiger partial charge >= 0.3 is 141 Å². The molecule has 0 aliphatic carbocycles. The fourth-order valence-electron chi connectivity index (χ4n) is 3.42. The number of methoxy groups -OCH3 is 2. The normalized spacial score (nSPS) is 12.3. The second kappa shape index (κ2) is 9.82. The van der Waals surface area contributed by atoms with Crippen LogP contribution in [0.5, 0.6) is 0 Å². The molecule has 0 unspecified atom stereocenters. The molecule has 3 heteroatoms. The Morgan fingerprint density at radius 3 is 1.39 bits per heavy atom. The van der Waals surface area contributed by atoms with Crippen LogP contribution >= 0.6 is 7.26 Å². The van der Waals surface area contributed by atoms with Crippen LogP contribution in [0.2, 0.25) is 0 Å². The zero-order valence-corrected chi connectivity index (χ0v) is 15.3. The predicted octanol–water partition coefficient (Wildman–Crippen LogP) is 3.46. The average Bonchev–Trinajstić information content (AvgIpc) is 2.62. The van der Waals surface area contributed by atoms with Gasteiger partial charge in [-0.1, -0.05) is 0 Å². The zero-order chi connectivity index (χ0) is 16.4. The molecule has 0 saturated heterocycles. The molecular weight excluding hydrogens is 303 g/mol. The molecule has 0 radical (unpaired) electrons. The van der Waals surface area contributed by atoms with Crippen molar-refractivity contribution in [2.75, 3.05) is 39.8 Å². The maximum atomic E-state index is 5.33. The first-order valence-electron chi connectivity index (χ1n) is 8.42. The van der Waals surface area contributed by atoms with E-state index in [2.05, 4.69) is 60.7 Å². The van der Waals surface area contributed by atoms with E-state index in [4.69, 9.17) is 9.47 Å². The molecule has 0 fully saturated rings. The van der Waals surface area contributed by atoms with Crippen molar-refractivity contribution in [3.8, 4) is 0 Å². The van der Waals surface area contributed by atoms with Crippen LogP contribution in [0.4, 0.5) is 0 Å². The molecule has 0 spiro atoms. The quantitative estimate of drug-likeness (QED) is 0.490. The summed E-state index contributed by atoms with van der Waals surface area (Å²) in [5.41, 5.74) is 0. The van der Waals surface area contributed by atoms with E-state index in [9.17, 15) is 0 Å². The van der Waals surface area contributed by atoms with Crippen molar-refractivity contribution in [3.63, 3.8) is 0 Å². The van der Waals surface area contributed by atoms with E-state index in [1.807, 2.05) is 0 Å². The van der Waals surface area contributed by atoms with Crippen molar-refractivity contribution < 1.29 is 9.47 Å². The van der Waals surface area contributed by atoms with Crippen molar-refractivity contribution in [3.05, 3.63) is 60.7 Å². The summed E-state index contributed by atoms with van der Waals surface area (Å²) in [6, 6.07) is 22.2. The molecule has 2 aromatic carbocycles. The Morgan fingerprint density at radius 2 is 1.04 bits per heavy atom. The first-order chi connectivity index (χ1) is 11.3. The van der Waals surface area contributed by atoms with Gasteiger partial charge in [-0.15, -0.1) is 0 Å². The van der Waals surface area contributed by atoms with Crippen LogP contribution in [0.15, 0.2) is 60.7 Å². The summed E-state index contributed by atoms with van der Waals surface area (Å²) >= 11 is 0. The fourth-order valence-corrected chi connectivity index (χ4v) is 8.31. The third kappa shape index (κ3) is 4.88. The Balaban J connectivity index is 2.39. The second-order valence-corrected chi connectivity index (χ2v) is 10.3. The minimum atomic E-state index is -1.78. The Kier molecular flexibility index (Phi) is 7.74. The van der Waals surface area contributed by atoms with Gasteiger partial charge in [-0.05, 0) is 0 Å². The van der Waals surface area contributed by atoms with Crippen molar-refractivity contribution in [2.45, 2.75) is 12.8 Å². The van der Waals surface area contributed by atoms with Crippen LogP contribution in [0.3, 0.4) is 0 Å². The first kappa shape index (κ1) is 18.1. The molecule has 0 N–H and O–H groups in total. The van der Waals surface area contributed by atoms with Gasteiger partial charge in [0.15, 0.2) is 0 Å². The van der Waals surface area contributed by atoms with Crippen molar-refractivity contribution in [1.29, 1.82) is 0 Å². The summed E-state index contributed by atoms with van der Waals surface area (Å²) in [4.78, 5) is 0. The van der Waals surface area contributed by atoms with Gasteiger partial charge in [-0.2, -0.15) is 0 Å². The monoisotopic (exact) mass is 332 g/mol. The van der Waals surface area contributed by atoms with Gasteiger partial charge in [0.05, 0.1) is 0 Å². The maximum absolute atomic E-state index is 5.33. The molecule has 126 valence electrons. The first-order valence-corrected chi connectivity index (χ1v) is 10.8. The van der Waals surface area contributed by atoms with E-state index < -0.39 is 7.26 Å². The Morgan fingerprint density at radius 1 is 0.652 bits per heavy atom. The van der Waals surface area contributed by atoms with Gasteiger partial charge in [0.25, 0.3) is 0 Å². The standard InChI is InChI=1S/C20H29O2P/c1-21-15-9-17-23(18-10-16-22-2,19-11-5-3-6-12-19)20-13-7-4-8-14-20/h3-8,11-14,23H,9-10,15-18H2,1-2H3. The fraction of sp³-hybridized carbons (Fsp3) is 0.400. The van der Waals surface area contributed by atoms with Crippen LogP contribution in [0, 0.1) is 0 Å². The van der Waals surface area contributed by atoms with E-state index in [0.29, 0.717) is 0 Å². The molecule has 2 rings (SSSR count). The predicted molar refractivity (Wildman–Crippen MR) is 103 cm³/mol. The van der Waals surface area contributed by atoms with Gasteiger partial charge < -0.3 is 0 Å². The van der Waals surface area contributed by atoms with Crippen LogP contribution < -0.4 is 10.6 Å². The molecular formula is C20H29O2P. The van der Waals surface area contributed by atoms with Gasteiger partial charge in [0.2, 0.25) is 0 Å². The molecule has 0 heterocycles. The van der Waals surface area contributed by atoms with Crippen LogP contribution in [-0.4, -0.2) is 39.8 Å². The summed E-state index contributed by atoms with van der Waals surface area (Å²) in [5.74, 6) is 0. The molecule has 0 aliphatic rings. The van der Waals surface area contributed by atoms with Crippen molar-refractivity contribution in [1.82, 2.24) is 0 Å². The van der Waals surface area contributed by atoms with Crippen LogP contribution in [0.25, 0.3) is 0 Å². The second-order valence-electron chi connectivity index (χ2n) is 6.01. The van der Waals surface area contributed by atoms with E-state index >= 15 is 0 Å². The third-order valence-electron chi connectivity index (χ3n) is 4.56. The summed E-state index contributed by atoms with van der Waals surface area (Å²) < 4.78 is 10.7. The average molecular weight is 332 g/mol. The van der Waals surface area contributed by atoms with E-state index in [0.717, 1.165) is 26.1 Å². The summed E-state index contributed by atoms with van der Waals surface area (Å²) in [7, 11) is 1.80. The summed E-state index contributed by atoms with van der Waals surface area (Å²) in [6.07, 6.45) is 4.66. The third-order valence-corrected chi connectivity index (χ3v) is 9.85. The Labute approximate surface area is 141 Å². The van der Waals surface area contributed by atoms with E-state index in [-0.39, 0.29) is 0 Å². The van der Waals surface area contributed by atoms with Gasteiger partial charge in [0.1, 0.15) is 0 Å². The minimum absolute atomic E-state index is 0.832. The number of ether oxygens (including phenoxy) is 2. The van der Waals surface area contributed by atoms with Gasteiger partial charge in [0, 0.05) is 0 Å². The number of hydrogen-bond donors (Lipinski definition) is 0. The molecule has 0 aromatic heterocycles. The van der Waals surface area contributed by atoms with Gasteiger partial charge in [-0.25, -0.2) is 0 Å². The Bertz CT molecular complexity index is 491. The SMILES string of the molecule is COCCC[PH](CCCOC)(c1ccccc1)c1ccccc1. The molecule has 0 saturated carbocycles. The zero-order valence-electron chi connectivity index (χ0n) is 14.3. The number of benzene rings is 2. The molecule has 0 aliphatic heterocycles. The van der Waals surface area contributed by atoms with Gasteiger partial charge in [-0.3, -0.25) is 0 Å². The van der Waals surface area contributed by atoms with Crippen molar-refractivity contribution >= 4 is 17.9 Å². The molecule has 0 amide bonds. The molecule has 0 bridgehead atoms. The molecule has 2 aromatic rings. The van der Waals surface area contributed by atoms with E-state index in [1.165, 1.54) is 22.9 Å². The van der Waals surface area contributed by atoms with E-state index in [1.54, 1.807) is 14.2 Å². The summed E-state index contributed by atoms with van der Waals surface area (Å²) in [6.45, 7) is 1.66. The topological polar surface area (TPSA) is 18.5 Å². The molecule has 23 heavy (non-hydrogen) atoms. The Hall–Kier alpha value is -1.21. The van der Waals surface area contributed by atoms with Crippen LogP contribution in [-0.2, 0) is 9.47 Å². The molecule has 2 nitrogen and oxygen atoms in total. The number of rotatable bonds is 10. The molecule has 0 atom stereocenters.